The van der Waals surface area contributed by atoms with E-state index in [1.807, 2.05) is 32.0 Å². The number of carbonyl (C=O) groups is 2. The number of aryl methyl sites for hydroxylation is 2. The lowest BCUT2D eigenvalue weighted by Crippen LogP contribution is -2.33. The largest absolute Gasteiger partial charge is 0.461 e. The molecule has 2 aromatic heterocycles. The summed E-state index contributed by atoms with van der Waals surface area (Å²) in [6.07, 6.45) is 1.50. The predicted octanol–water partition coefficient (Wildman–Crippen LogP) is 2.92. The molecule has 0 spiro atoms. The van der Waals surface area contributed by atoms with Crippen molar-refractivity contribution >= 4 is 17.5 Å². The zero-order valence-corrected chi connectivity index (χ0v) is 13.8. The van der Waals surface area contributed by atoms with Crippen LogP contribution in [0.1, 0.15) is 21.6 Å². The minimum absolute atomic E-state index is 0.0753. The molecule has 1 aromatic carbocycles. The van der Waals surface area contributed by atoms with E-state index in [-0.39, 0.29) is 18.1 Å². The number of hydrogen-bond donors (Lipinski definition) is 2. The highest BCUT2D eigenvalue weighted by Crippen LogP contribution is 2.21. The van der Waals surface area contributed by atoms with Gasteiger partial charge in [-0.25, -0.2) is 0 Å². The van der Waals surface area contributed by atoms with Gasteiger partial charge in [-0.2, -0.15) is 0 Å². The van der Waals surface area contributed by atoms with Crippen molar-refractivity contribution in [3.05, 3.63) is 59.5 Å². The number of benzene rings is 1. The van der Waals surface area contributed by atoms with Crippen LogP contribution in [-0.2, 0) is 4.79 Å². The van der Waals surface area contributed by atoms with Gasteiger partial charge in [0.1, 0.15) is 0 Å². The van der Waals surface area contributed by atoms with Gasteiger partial charge in [-0.05, 0) is 37.1 Å². The summed E-state index contributed by atoms with van der Waals surface area (Å²) in [6, 6.07) is 10.6. The lowest BCUT2D eigenvalue weighted by atomic mass is 10.1. The molecule has 128 valence electrons. The molecule has 0 bridgehead atoms. The SMILES string of the molecule is Cc1cccc(C)c1NC(=O)CNC(=O)c1cc(-c2ccco2)on1. The number of rotatable bonds is 5. The topological polar surface area (TPSA) is 97.4 Å². The highest BCUT2D eigenvalue weighted by molar-refractivity contribution is 5.99. The molecule has 0 unspecified atom stereocenters. The van der Waals surface area contributed by atoms with Crippen LogP contribution < -0.4 is 10.6 Å². The average Bonchev–Trinajstić information content (AvgIpc) is 3.27. The van der Waals surface area contributed by atoms with Crippen molar-refractivity contribution in [3.8, 4) is 11.5 Å². The second kappa shape index (κ2) is 7.04. The van der Waals surface area contributed by atoms with E-state index in [0.29, 0.717) is 11.5 Å². The second-order valence-corrected chi connectivity index (χ2v) is 5.55. The summed E-state index contributed by atoms with van der Waals surface area (Å²) in [4.78, 5) is 24.1. The zero-order chi connectivity index (χ0) is 17.8. The lowest BCUT2D eigenvalue weighted by molar-refractivity contribution is -0.115. The Morgan fingerprint density at radius 2 is 1.84 bits per heavy atom. The van der Waals surface area contributed by atoms with E-state index in [9.17, 15) is 9.59 Å². The molecule has 2 amide bonds. The molecule has 25 heavy (non-hydrogen) atoms. The number of hydrogen-bond acceptors (Lipinski definition) is 5. The van der Waals surface area contributed by atoms with Crippen molar-refractivity contribution in [1.29, 1.82) is 0 Å². The third-order valence-electron chi connectivity index (χ3n) is 3.66. The van der Waals surface area contributed by atoms with Gasteiger partial charge in [0.05, 0.1) is 12.8 Å². The van der Waals surface area contributed by atoms with Crippen LogP contribution in [0.15, 0.2) is 51.6 Å². The Morgan fingerprint density at radius 1 is 1.08 bits per heavy atom. The Hall–Kier alpha value is -3.35. The van der Waals surface area contributed by atoms with Crippen LogP contribution in [0.5, 0.6) is 0 Å². The first-order valence-corrected chi connectivity index (χ1v) is 7.69. The number of aromatic nitrogens is 1. The molecule has 7 heteroatoms. The summed E-state index contributed by atoms with van der Waals surface area (Å²) in [5, 5.41) is 9.00. The first-order chi connectivity index (χ1) is 12.0. The predicted molar refractivity (Wildman–Crippen MR) is 91.1 cm³/mol. The Morgan fingerprint density at radius 3 is 2.52 bits per heavy atom. The fourth-order valence-electron chi connectivity index (χ4n) is 2.36. The number of para-hydroxylation sites is 1. The number of nitrogens with zero attached hydrogens (tertiary/aromatic N) is 1. The Kier molecular flexibility index (Phi) is 4.65. The fraction of sp³-hybridized carbons (Fsp3) is 0.167. The molecule has 0 fully saturated rings. The smallest absolute Gasteiger partial charge is 0.273 e. The maximum absolute atomic E-state index is 12.1. The molecule has 0 aliphatic heterocycles. The molecule has 3 rings (SSSR count). The van der Waals surface area contributed by atoms with Crippen molar-refractivity contribution < 1.29 is 18.5 Å². The van der Waals surface area contributed by atoms with Crippen LogP contribution in [0.3, 0.4) is 0 Å². The van der Waals surface area contributed by atoms with E-state index in [4.69, 9.17) is 8.94 Å². The van der Waals surface area contributed by atoms with Crippen molar-refractivity contribution in [3.63, 3.8) is 0 Å². The first kappa shape index (κ1) is 16.5. The molecular formula is C18H17N3O4. The van der Waals surface area contributed by atoms with E-state index in [0.717, 1.165) is 16.8 Å². The molecule has 0 saturated heterocycles. The first-order valence-electron chi connectivity index (χ1n) is 7.69. The fourth-order valence-corrected chi connectivity index (χ4v) is 2.36. The highest BCUT2D eigenvalue weighted by Gasteiger charge is 2.16. The molecular weight excluding hydrogens is 322 g/mol. The summed E-state index contributed by atoms with van der Waals surface area (Å²) in [5.74, 6) is -0.00632. The van der Waals surface area contributed by atoms with Gasteiger partial charge in [0.2, 0.25) is 11.7 Å². The third kappa shape index (κ3) is 3.77. The van der Waals surface area contributed by atoms with Gasteiger partial charge in [0.15, 0.2) is 11.5 Å². The molecule has 2 heterocycles. The van der Waals surface area contributed by atoms with Crippen LogP contribution in [0.25, 0.3) is 11.5 Å². The standard InChI is InChI=1S/C18H17N3O4/c1-11-5-3-6-12(2)17(11)20-16(22)10-19-18(23)13-9-15(25-21-13)14-7-4-8-24-14/h3-9H,10H2,1-2H3,(H,19,23)(H,20,22). The number of nitrogens with one attached hydrogen (secondary N) is 2. The van der Waals surface area contributed by atoms with Crippen molar-refractivity contribution in [2.45, 2.75) is 13.8 Å². The summed E-state index contributed by atoms with van der Waals surface area (Å²) >= 11 is 0. The zero-order valence-electron chi connectivity index (χ0n) is 13.8. The van der Waals surface area contributed by atoms with E-state index >= 15 is 0 Å². The van der Waals surface area contributed by atoms with Crippen LogP contribution >= 0.6 is 0 Å². The lowest BCUT2D eigenvalue weighted by Gasteiger charge is -2.11. The highest BCUT2D eigenvalue weighted by atomic mass is 16.5. The summed E-state index contributed by atoms with van der Waals surface area (Å²) in [5.41, 5.74) is 2.74. The Labute approximate surface area is 144 Å². The van der Waals surface area contributed by atoms with Crippen molar-refractivity contribution in [2.75, 3.05) is 11.9 Å². The van der Waals surface area contributed by atoms with E-state index in [2.05, 4.69) is 15.8 Å². The molecule has 0 radical (unpaired) electrons. The monoisotopic (exact) mass is 339 g/mol. The van der Waals surface area contributed by atoms with E-state index in [1.165, 1.54) is 12.3 Å². The van der Waals surface area contributed by atoms with Crippen molar-refractivity contribution in [2.24, 2.45) is 0 Å². The maximum atomic E-state index is 12.1. The minimum Gasteiger partial charge on any atom is -0.461 e. The maximum Gasteiger partial charge on any atom is 0.273 e. The van der Waals surface area contributed by atoms with Gasteiger partial charge in [-0.1, -0.05) is 23.4 Å². The molecule has 7 nitrogen and oxygen atoms in total. The third-order valence-corrected chi connectivity index (χ3v) is 3.66. The van der Waals surface area contributed by atoms with Gasteiger partial charge in [0.25, 0.3) is 5.91 Å². The van der Waals surface area contributed by atoms with Crippen LogP contribution in [0.4, 0.5) is 5.69 Å². The molecule has 0 aliphatic rings. The minimum atomic E-state index is -0.502. The van der Waals surface area contributed by atoms with Gasteiger partial charge in [0, 0.05) is 11.8 Å². The van der Waals surface area contributed by atoms with Crippen LogP contribution in [-0.4, -0.2) is 23.5 Å². The normalized spacial score (nSPS) is 10.5. The number of anilines is 1. The van der Waals surface area contributed by atoms with Gasteiger partial charge < -0.3 is 19.6 Å². The van der Waals surface area contributed by atoms with Gasteiger partial charge in [-0.15, -0.1) is 0 Å². The van der Waals surface area contributed by atoms with Crippen molar-refractivity contribution in [1.82, 2.24) is 10.5 Å². The number of carbonyl (C=O) groups excluding carboxylic acids is 2. The quantitative estimate of drug-likeness (QED) is 0.745. The van der Waals surface area contributed by atoms with E-state index < -0.39 is 5.91 Å². The molecule has 2 N–H and O–H groups in total. The summed E-state index contributed by atoms with van der Waals surface area (Å²) in [6.45, 7) is 3.65. The second-order valence-electron chi connectivity index (χ2n) is 5.55. The van der Waals surface area contributed by atoms with E-state index in [1.54, 1.807) is 12.1 Å². The number of amides is 2. The average molecular weight is 339 g/mol. The van der Waals surface area contributed by atoms with Crippen LogP contribution in [0.2, 0.25) is 0 Å². The van der Waals surface area contributed by atoms with Gasteiger partial charge in [-0.3, -0.25) is 9.59 Å². The molecule has 0 atom stereocenters. The van der Waals surface area contributed by atoms with Crippen LogP contribution in [0, 0.1) is 13.8 Å². The molecule has 0 saturated carbocycles. The molecule has 3 aromatic rings. The summed E-state index contributed by atoms with van der Waals surface area (Å²) in [7, 11) is 0. The summed E-state index contributed by atoms with van der Waals surface area (Å²) < 4.78 is 10.2. The molecule has 0 aliphatic carbocycles. The van der Waals surface area contributed by atoms with Gasteiger partial charge >= 0.3 is 0 Å². The Bertz CT molecular complexity index is 877. The Balaban J connectivity index is 1.58. The number of furan rings is 1.